The Morgan fingerprint density at radius 1 is 0.852 bits per heavy atom. The zero-order valence-corrected chi connectivity index (χ0v) is 33.4. The second kappa shape index (κ2) is 15.3. The molecule has 0 aliphatic carbocycles. The van der Waals surface area contributed by atoms with Crippen molar-refractivity contribution in [3.05, 3.63) is 123 Å². The van der Waals surface area contributed by atoms with Crippen LogP contribution < -0.4 is 5.32 Å². The van der Waals surface area contributed by atoms with Crippen molar-refractivity contribution in [2.24, 2.45) is 0 Å². The van der Waals surface area contributed by atoms with Crippen LogP contribution in [0.2, 0.25) is 0 Å². The van der Waals surface area contributed by atoms with E-state index in [1.165, 1.54) is 17.0 Å². The first-order chi connectivity index (χ1) is 29.4. The van der Waals surface area contributed by atoms with E-state index in [0.29, 0.717) is 60.0 Å². The number of rotatable bonds is 8. The number of amides is 4. The number of hydrogen-bond donors (Lipinski definition) is 2. The first-order valence-electron chi connectivity index (χ1n) is 20.8. The van der Waals surface area contributed by atoms with Crippen molar-refractivity contribution < 1.29 is 36.7 Å². The number of aromatic nitrogens is 2. The van der Waals surface area contributed by atoms with Crippen LogP contribution in [0.3, 0.4) is 0 Å². The Hall–Kier alpha value is -5.77. The third-order valence-corrected chi connectivity index (χ3v) is 13.3. The first kappa shape index (κ1) is 39.4. The Morgan fingerprint density at radius 2 is 1.54 bits per heavy atom. The first-order valence-corrected chi connectivity index (χ1v) is 20.8. The molecule has 5 aromatic rings. The van der Waals surface area contributed by atoms with Crippen LogP contribution in [0.4, 0.5) is 17.6 Å². The summed E-state index contributed by atoms with van der Waals surface area (Å²) in [6.45, 7) is 4.74. The number of fused-ring (bicyclic) bond motifs is 5. The average Bonchev–Trinajstić information content (AvgIpc) is 3.89. The fraction of sp³-hybridized carbons (Fsp3) is 0.370. The predicted octanol–water partition coefficient (Wildman–Crippen LogP) is 6.49. The fourth-order valence-electron chi connectivity index (χ4n) is 10.3. The molecule has 10 rings (SSSR count). The second-order valence-electron chi connectivity index (χ2n) is 17.0. The number of carbonyl (C=O) groups is 4. The van der Waals surface area contributed by atoms with Crippen molar-refractivity contribution in [1.29, 1.82) is 0 Å². The van der Waals surface area contributed by atoms with Gasteiger partial charge in [0.25, 0.3) is 18.2 Å². The summed E-state index contributed by atoms with van der Waals surface area (Å²) in [4.78, 5) is 66.0. The monoisotopic (exact) mass is 833 g/mol. The summed E-state index contributed by atoms with van der Waals surface area (Å²) in [5.74, 6) is -3.66. The lowest BCUT2D eigenvalue weighted by molar-refractivity contribution is -0.136. The number of imide groups is 2. The highest BCUT2D eigenvalue weighted by Crippen LogP contribution is 2.43. The minimum Gasteiger partial charge on any atom is -0.357 e. The van der Waals surface area contributed by atoms with Crippen molar-refractivity contribution in [2.45, 2.75) is 89.3 Å². The molecule has 61 heavy (non-hydrogen) atoms. The molecule has 7 heterocycles. The molecular formula is C46H43F4N7O4. The van der Waals surface area contributed by atoms with Crippen molar-refractivity contribution in [2.75, 3.05) is 19.6 Å². The number of piperidine rings is 2. The number of pyridine rings is 1. The number of nitrogens with zero attached hydrogens (tertiary/aromatic N) is 5. The summed E-state index contributed by atoms with van der Waals surface area (Å²) >= 11 is 0. The molecule has 2 N–H and O–H groups in total. The molecule has 0 spiro atoms. The Balaban J connectivity index is 0.783. The Labute approximate surface area is 348 Å². The van der Waals surface area contributed by atoms with Crippen molar-refractivity contribution >= 4 is 34.5 Å². The topological polar surface area (TPSA) is 122 Å². The number of benzene rings is 3. The highest BCUT2D eigenvalue weighted by Gasteiger charge is 2.46. The van der Waals surface area contributed by atoms with Gasteiger partial charge in [-0.1, -0.05) is 24.3 Å². The molecule has 15 heteroatoms. The molecule has 5 aliphatic rings. The van der Waals surface area contributed by atoms with E-state index in [2.05, 4.69) is 25.1 Å². The number of carbonyl (C=O) groups excluding carboxylic acids is 4. The Kier molecular flexibility index (Phi) is 9.87. The molecule has 3 atom stereocenters. The van der Waals surface area contributed by atoms with Gasteiger partial charge >= 0.3 is 0 Å². The summed E-state index contributed by atoms with van der Waals surface area (Å²) in [6.07, 6.45) is 1.40. The maximum absolute atomic E-state index is 16.2. The van der Waals surface area contributed by atoms with Crippen LogP contribution in [0.1, 0.15) is 93.0 Å². The lowest BCUT2D eigenvalue weighted by atomic mass is 9.87. The minimum absolute atomic E-state index is 0.0714. The maximum Gasteiger partial charge on any atom is 0.262 e. The van der Waals surface area contributed by atoms with Gasteiger partial charge in [-0.05, 0) is 91.3 Å². The van der Waals surface area contributed by atoms with Gasteiger partial charge in [0.1, 0.15) is 17.7 Å². The molecule has 2 saturated heterocycles. The number of H-pyrrole nitrogens is 1. The SMILES string of the molecule is C[C@@H]1Cc2c([nH]c3ccccc23)[C@@H](c2c(F)cc(-c3ccc(CN4CCC(N5Cc6cc7c(cc6C5)C(=O)N(C5CCC(=O)NC5=O)C7=O)CC4)nc3)cc2F)N1CC(F)F. The van der Waals surface area contributed by atoms with Gasteiger partial charge in [-0.2, -0.15) is 0 Å². The predicted molar refractivity (Wildman–Crippen MR) is 216 cm³/mol. The number of hydrogen-bond acceptors (Lipinski definition) is 8. The molecular weight excluding hydrogens is 791 g/mol. The quantitative estimate of drug-likeness (QED) is 0.135. The third-order valence-electron chi connectivity index (χ3n) is 13.3. The van der Waals surface area contributed by atoms with E-state index in [-0.39, 0.29) is 24.4 Å². The largest absolute Gasteiger partial charge is 0.357 e. The molecule has 0 saturated carbocycles. The summed E-state index contributed by atoms with van der Waals surface area (Å²) in [7, 11) is 0. The Morgan fingerprint density at radius 3 is 2.18 bits per heavy atom. The van der Waals surface area contributed by atoms with Gasteiger partial charge < -0.3 is 4.98 Å². The smallest absolute Gasteiger partial charge is 0.262 e. The van der Waals surface area contributed by atoms with Crippen molar-refractivity contribution in [3.8, 4) is 11.1 Å². The fourth-order valence-corrected chi connectivity index (χ4v) is 10.3. The molecule has 1 unspecified atom stereocenters. The van der Waals surface area contributed by atoms with Crippen LogP contribution in [0, 0.1) is 11.6 Å². The van der Waals surface area contributed by atoms with Crippen LogP contribution in [0.15, 0.2) is 66.9 Å². The lowest BCUT2D eigenvalue weighted by Crippen LogP contribution is -2.54. The number of nitrogens with one attached hydrogen (secondary N) is 2. The molecule has 4 amide bonds. The number of halogens is 4. The molecule has 5 aliphatic heterocycles. The van der Waals surface area contributed by atoms with Crippen LogP contribution in [0.5, 0.6) is 0 Å². The standard InChI is InChI=1S/C46H43F4N7O4/c1-24-14-32-31-4-2-3-5-37(31)52-42(32)43(56(24)23-39(49)50)41-35(47)17-26(18-36(41)48)25-6-7-29(51-19-25)22-54-12-10-30(11-13-54)55-20-27-15-33-34(16-28(27)21-55)46(61)57(45(33)60)38-8-9-40(58)53-44(38)59/h2-7,15-19,24,30,38-39,43,52H,8-14,20-23H2,1H3,(H,53,58,59)/t24-,38?,43-/m1/s1. The normalized spacial score (nSPS) is 22.7. The van der Waals surface area contributed by atoms with Crippen molar-refractivity contribution in [3.63, 3.8) is 0 Å². The van der Waals surface area contributed by atoms with E-state index in [9.17, 15) is 28.0 Å². The number of alkyl halides is 2. The molecule has 2 fully saturated rings. The van der Waals surface area contributed by atoms with Gasteiger partial charge in [0.2, 0.25) is 11.8 Å². The Bertz CT molecular complexity index is 2560. The van der Waals surface area contributed by atoms with E-state index < -0.39 is 60.3 Å². The van der Waals surface area contributed by atoms with E-state index in [0.717, 1.165) is 64.1 Å². The van der Waals surface area contributed by atoms with E-state index in [4.69, 9.17) is 0 Å². The molecule has 0 radical (unpaired) electrons. The van der Waals surface area contributed by atoms with Gasteiger partial charge in [0.05, 0.1) is 29.4 Å². The molecule has 3 aromatic carbocycles. The summed E-state index contributed by atoms with van der Waals surface area (Å²) < 4.78 is 60.2. The van der Waals surface area contributed by atoms with Crippen LogP contribution in [0.25, 0.3) is 22.0 Å². The summed E-state index contributed by atoms with van der Waals surface area (Å²) in [5, 5.41) is 3.15. The average molecular weight is 834 g/mol. The molecule has 0 bridgehead atoms. The number of aromatic amines is 1. The third kappa shape index (κ3) is 6.92. The highest BCUT2D eigenvalue weighted by molar-refractivity contribution is 6.23. The molecule has 11 nitrogen and oxygen atoms in total. The lowest BCUT2D eigenvalue weighted by Gasteiger charge is -2.41. The number of likely N-dealkylation sites (tertiary alicyclic amines) is 1. The van der Waals surface area contributed by atoms with Crippen LogP contribution in [-0.2, 0) is 35.6 Å². The summed E-state index contributed by atoms with van der Waals surface area (Å²) in [6, 6.07) is 15.2. The van der Waals surface area contributed by atoms with Gasteiger partial charge in [-0.25, -0.2) is 17.6 Å². The summed E-state index contributed by atoms with van der Waals surface area (Å²) in [5.41, 5.74) is 6.18. The minimum atomic E-state index is -2.69. The second-order valence-corrected chi connectivity index (χ2v) is 17.0. The van der Waals surface area contributed by atoms with Crippen LogP contribution >= 0.6 is 0 Å². The van der Waals surface area contributed by atoms with Gasteiger partial charge in [0.15, 0.2) is 0 Å². The van der Waals surface area contributed by atoms with E-state index in [1.807, 2.05) is 37.3 Å². The van der Waals surface area contributed by atoms with Gasteiger partial charge in [-0.15, -0.1) is 0 Å². The number of para-hydroxylation sites is 1. The van der Waals surface area contributed by atoms with E-state index in [1.54, 1.807) is 24.4 Å². The zero-order chi connectivity index (χ0) is 42.3. The highest BCUT2D eigenvalue weighted by atomic mass is 19.3. The zero-order valence-electron chi connectivity index (χ0n) is 33.4. The van der Waals surface area contributed by atoms with Crippen molar-refractivity contribution in [1.82, 2.24) is 34.9 Å². The molecule has 314 valence electrons. The van der Waals surface area contributed by atoms with Gasteiger partial charge in [-0.3, -0.25) is 49.1 Å². The van der Waals surface area contributed by atoms with Crippen LogP contribution in [-0.4, -0.2) is 97.4 Å². The van der Waals surface area contributed by atoms with Gasteiger partial charge in [0, 0.05) is 85.1 Å². The maximum atomic E-state index is 16.2. The molecule has 2 aromatic heterocycles. The van der Waals surface area contributed by atoms with E-state index >= 15 is 8.78 Å².